The van der Waals surface area contributed by atoms with Gasteiger partial charge in [-0.1, -0.05) is 11.6 Å². The van der Waals surface area contributed by atoms with Crippen LogP contribution in [0.25, 0.3) is 5.82 Å². The Morgan fingerprint density at radius 1 is 1.07 bits per heavy atom. The number of piperazine rings is 1. The smallest absolute Gasteiger partial charge is 0.257 e. The van der Waals surface area contributed by atoms with Gasteiger partial charge in [0, 0.05) is 43.6 Å². The zero-order valence-corrected chi connectivity index (χ0v) is 16.1. The molecule has 1 aliphatic rings. The van der Waals surface area contributed by atoms with Gasteiger partial charge in [-0.05, 0) is 36.4 Å². The summed E-state index contributed by atoms with van der Waals surface area (Å²) < 4.78 is 6.96. The molecule has 4 rings (SSSR count). The molecule has 0 radical (unpaired) electrons. The average molecular weight is 399 g/mol. The summed E-state index contributed by atoms with van der Waals surface area (Å²) in [7, 11) is 1.55. The maximum atomic E-state index is 12.9. The van der Waals surface area contributed by atoms with E-state index in [0.717, 1.165) is 5.82 Å². The normalized spacial score (nSPS) is 14.2. The van der Waals surface area contributed by atoms with Gasteiger partial charge in [0.05, 0.1) is 12.7 Å². The Morgan fingerprint density at radius 2 is 1.82 bits per heavy atom. The number of benzene rings is 1. The third-order valence-corrected chi connectivity index (χ3v) is 4.89. The molecule has 0 aliphatic carbocycles. The van der Waals surface area contributed by atoms with Gasteiger partial charge < -0.3 is 14.5 Å². The van der Waals surface area contributed by atoms with Crippen LogP contribution >= 0.6 is 11.6 Å². The van der Waals surface area contributed by atoms with Crippen LogP contribution in [-0.2, 0) is 0 Å². The first-order valence-corrected chi connectivity index (χ1v) is 9.25. The van der Waals surface area contributed by atoms with E-state index in [0.29, 0.717) is 48.3 Å². The summed E-state index contributed by atoms with van der Waals surface area (Å²) in [5, 5.41) is 13.2. The minimum Gasteiger partial charge on any atom is -0.496 e. The highest BCUT2D eigenvalue weighted by Gasteiger charge is 2.25. The fourth-order valence-corrected chi connectivity index (χ4v) is 3.34. The second kappa shape index (κ2) is 7.85. The van der Waals surface area contributed by atoms with Gasteiger partial charge in [-0.3, -0.25) is 4.79 Å². The number of nitrogens with zero attached hydrogens (tertiary/aromatic N) is 6. The lowest BCUT2D eigenvalue weighted by molar-refractivity contribution is 0.0743. The lowest BCUT2D eigenvalue weighted by atomic mass is 10.1. The van der Waals surface area contributed by atoms with Gasteiger partial charge in [-0.15, -0.1) is 10.2 Å². The SMILES string of the molecule is COc1ccc(Cl)cc1C(=O)N1CCN(c2ccc(-n3cccn3)nn2)CC1. The molecule has 0 saturated carbocycles. The van der Waals surface area contributed by atoms with Crippen LogP contribution in [0.5, 0.6) is 5.75 Å². The molecule has 9 heteroatoms. The van der Waals surface area contributed by atoms with Crippen LogP contribution in [0, 0.1) is 0 Å². The highest BCUT2D eigenvalue weighted by molar-refractivity contribution is 6.31. The predicted molar refractivity (Wildman–Crippen MR) is 105 cm³/mol. The third kappa shape index (κ3) is 3.63. The van der Waals surface area contributed by atoms with E-state index in [1.165, 1.54) is 0 Å². The molecule has 1 aromatic carbocycles. The number of carbonyl (C=O) groups is 1. The molecule has 0 spiro atoms. The van der Waals surface area contributed by atoms with Crippen molar-refractivity contribution in [3.63, 3.8) is 0 Å². The number of amides is 1. The lowest BCUT2D eigenvalue weighted by Crippen LogP contribution is -2.49. The van der Waals surface area contributed by atoms with E-state index in [1.54, 1.807) is 41.1 Å². The summed E-state index contributed by atoms with van der Waals surface area (Å²) in [6.07, 6.45) is 3.51. The molecule has 2 aromatic heterocycles. The number of hydrogen-bond donors (Lipinski definition) is 0. The number of carbonyl (C=O) groups excluding carboxylic acids is 1. The molecular weight excluding hydrogens is 380 g/mol. The molecule has 0 atom stereocenters. The molecule has 8 nitrogen and oxygen atoms in total. The van der Waals surface area contributed by atoms with E-state index in [2.05, 4.69) is 20.2 Å². The molecule has 1 saturated heterocycles. The highest BCUT2D eigenvalue weighted by atomic mass is 35.5. The molecule has 0 N–H and O–H groups in total. The molecule has 1 fully saturated rings. The van der Waals surface area contributed by atoms with Crippen LogP contribution in [0.1, 0.15) is 10.4 Å². The molecule has 0 unspecified atom stereocenters. The van der Waals surface area contributed by atoms with Crippen LogP contribution in [0.2, 0.25) is 5.02 Å². The van der Waals surface area contributed by atoms with Crippen molar-refractivity contribution in [1.82, 2.24) is 24.9 Å². The summed E-state index contributed by atoms with van der Waals surface area (Å²) in [4.78, 5) is 16.8. The minimum atomic E-state index is -0.0842. The zero-order chi connectivity index (χ0) is 19.5. The average Bonchev–Trinajstić information content (AvgIpc) is 3.28. The molecule has 28 heavy (non-hydrogen) atoms. The van der Waals surface area contributed by atoms with E-state index < -0.39 is 0 Å². The van der Waals surface area contributed by atoms with E-state index in [1.807, 2.05) is 24.4 Å². The van der Waals surface area contributed by atoms with Gasteiger partial charge in [0.1, 0.15) is 5.75 Å². The number of aromatic nitrogens is 4. The Bertz CT molecular complexity index is 953. The Morgan fingerprint density at radius 3 is 2.46 bits per heavy atom. The molecule has 3 aromatic rings. The van der Waals surface area contributed by atoms with Crippen molar-refractivity contribution in [3.05, 3.63) is 59.4 Å². The van der Waals surface area contributed by atoms with Crippen molar-refractivity contribution in [2.45, 2.75) is 0 Å². The molecule has 144 valence electrons. The maximum absolute atomic E-state index is 12.9. The van der Waals surface area contributed by atoms with Crippen molar-refractivity contribution in [2.75, 3.05) is 38.2 Å². The fourth-order valence-electron chi connectivity index (χ4n) is 3.17. The third-order valence-electron chi connectivity index (χ3n) is 4.66. The summed E-state index contributed by atoms with van der Waals surface area (Å²) in [6, 6.07) is 10.7. The zero-order valence-electron chi connectivity index (χ0n) is 15.3. The van der Waals surface area contributed by atoms with E-state index in [4.69, 9.17) is 16.3 Å². The first-order valence-electron chi connectivity index (χ1n) is 8.87. The van der Waals surface area contributed by atoms with Crippen LogP contribution in [-0.4, -0.2) is 64.1 Å². The van der Waals surface area contributed by atoms with E-state index in [9.17, 15) is 4.79 Å². The van der Waals surface area contributed by atoms with Crippen LogP contribution < -0.4 is 9.64 Å². The summed E-state index contributed by atoms with van der Waals surface area (Å²) in [5.41, 5.74) is 0.479. The van der Waals surface area contributed by atoms with Crippen molar-refractivity contribution >= 4 is 23.3 Å². The van der Waals surface area contributed by atoms with Gasteiger partial charge in [0.15, 0.2) is 11.6 Å². The summed E-state index contributed by atoms with van der Waals surface area (Å²) in [6.45, 7) is 2.50. The predicted octanol–water partition coefficient (Wildman–Crippen LogP) is 2.29. The standard InChI is InChI=1S/C19H19ClN6O2/c1-28-16-4-3-14(20)13-15(16)19(27)25-11-9-24(10-12-25)17-5-6-18(23-22-17)26-8-2-7-21-26/h2-8,13H,9-12H2,1H3. The number of rotatable bonds is 4. The fraction of sp³-hybridized carbons (Fsp3) is 0.263. The highest BCUT2D eigenvalue weighted by Crippen LogP contribution is 2.25. The van der Waals surface area contributed by atoms with Crippen molar-refractivity contribution in [2.24, 2.45) is 0 Å². The monoisotopic (exact) mass is 398 g/mol. The molecular formula is C19H19ClN6O2. The summed E-state index contributed by atoms with van der Waals surface area (Å²) >= 11 is 6.05. The largest absolute Gasteiger partial charge is 0.496 e. The second-order valence-electron chi connectivity index (χ2n) is 6.32. The second-order valence-corrected chi connectivity index (χ2v) is 6.76. The van der Waals surface area contributed by atoms with Gasteiger partial charge >= 0.3 is 0 Å². The van der Waals surface area contributed by atoms with Gasteiger partial charge in [0.25, 0.3) is 5.91 Å². The van der Waals surface area contributed by atoms with Crippen LogP contribution in [0.15, 0.2) is 48.8 Å². The lowest BCUT2D eigenvalue weighted by Gasteiger charge is -2.35. The van der Waals surface area contributed by atoms with Crippen LogP contribution in [0.4, 0.5) is 5.82 Å². The molecule has 3 heterocycles. The minimum absolute atomic E-state index is 0.0842. The number of halogens is 1. The first kappa shape index (κ1) is 18.2. The van der Waals surface area contributed by atoms with Gasteiger partial charge in [0.2, 0.25) is 0 Å². The quantitative estimate of drug-likeness (QED) is 0.671. The summed E-state index contributed by atoms with van der Waals surface area (Å²) in [5.74, 6) is 1.88. The number of hydrogen-bond acceptors (Lipinski definition) is 6. The number of anilines is 1. The Kier molecular flexibility index (Phi) is 5.12. The Hall–Kier alpha value is -3.13. The first-order chi connectivity index (χ1) is 13.7. The van der Waals surface area contributed by atoms with Crippen molar-refractivity contribution in [1.29, 1.82) is 0 Å². The topological polar surface area (TPSA) is 76.4 Å². The van der Waals surface area contributed by atoms with Crippen LogP contribution in [0.3, 0.4) is 0 Å². The Labute approximate surface area is 167 Å². The molecule has 1 amide bonds. The van der Waals surface area contributed by atoms with E-state index in [-0.39, 0.29) is 5.91 Å². The number of methoxy groups -OCH3 is 1. The van der Waals surface area contributed by atoms with E-state index >= 15 is 0 Å². The van der Waals surface area contributed by atoms with Crippen molar-refractivity contribution in [3.8, 4) is 11.6 Å². The van der Waals surface area contributed by atoms with Gasteiger partial charge in [-0.25, -0.2) is 4.68 Å². The molecule has 0 bridgehead atoms. The Balaban J connectivity index is 1.42. The van der Waals surface area contributed by atoms with Crippen molar-refractivity contribution < 1.29 is 9.53 Å². The maximum Gasteiger partial charge on any atom is 0.257 e. The number of ether oxygens (including phenoxy) is 1. The van der Waals surface area contributed by atoms with Gasteiger partial charge in [-0.2, -0.15) is 5.10 Å². The molecule has 1 aliphatic heterocycles.